The zero-order valence-corrected chi connectivity index (χ0v) is 13.8. The number of nitro groups is 1. The zero-order valence-electron chi connectivity index (χ0n) is 13.0. The highest BCUT2D eigenvalue weighted by atomic mass is 35.5. The Balaban J connectivity index is 1.79. The van der Waals surface area contributed by atoms with Gasteiger partial charge in [-0.15, -0.1) is 0 Å². The van der Waals surface area contributed by atoms with Crippen molar-refractivity contribution >= 4 is 34.6 Å². The fraction of sp³-hybridized carbons (Fsp3) is 0.235. The summed E-state index contributed by atoms with van der Waals surface area (Å²) in [6.45, 7) is 1.99. The molecule has 0 bridgehead atoms. The van der Waals surface area contributed by atoms with E-state index in [9.17, 15) is 14.9 Å². The number of benzene rings is 2. The molecule has 2 aromatic rings. The van der Waals surface area contributed by atoms with E-state index in [-0.39, 0.29) is 17.6 Å². The summed E-state index contributed by atoms with van der Waals surface area (Å²) in [5, 5.41) is 17.2. The Bertz CT molecular complexity index is 823. The molecule has 1 heterocycles. The maximum absolute atomic E-state index is 11.4. The van der Waals surface area contributed by atoms with Gasteiger partial charge in [0.25, 0.3) is 5.69 Å². The van der Waals surface area contributed by atoms with Crippen molar-refractivity contribution in [3.8, 4) is 0 Å². The Morgan fingerprint density at radius 1 is 1.25 bits per heavy atom. The maximum atomic E-state index is 11.4. The molecule has 3 rings (SSSR count). The summed E-state index contributed by atoms with van der Waals surface area (Å²) in [4.78, 5) is 21.7. The van der Waals surface area contributed by atoms with Gasteiger partial charge in [0.2, 0.25) is 5.91 Å². The molecule has 0 spiro atoms. The van der Waals surface area contributed by atoms with Crippen LogP contribution in [0.1, 0.15) is 30.5 Å². The largest absolute Gasteiger partial charge is 0.377 e. The van der Waals surface area contributed by atoms with Crippen LogP contribution in [0.3, 0.4) is 0 Å². The molecule has 1 amide bonds. The first kappa shape index (κ1) is 16.3. The van der Waals surface area contributed by atoms with Crippen LogP contribution < -0.4 is 10.6 Å². The van der Waals surface area contributed by atoms with Gasteiger partial charge in [-0.2, -0.15) is 0 Å². The van der Waals surface area contributed by atoms with Crippen molar-refractivity contribution in [2.24, 2.45) is 0 Å². The van der Waals surface area contributed by atoms with Gasteiger partial charge in [-0.3, -0.25) is 14.9 Å². The topological polar surface area (TPSA) is 84.3 Å². The number of non-ortho nitro benzene ring substituents is 1. The van der Waals surface area contributed by atoms with E-state index in [1.807, 2.05) is 19.1 Å². The lowest BCUT2D eigenvalue weighted by Crippen LogP contribution is -2.19. The highest BCUT2D eigenvalue weighted by Crippen LogP contribution is 2.31. The molecular weight excluding hydrogens is 330 g/mol. The number of carbonyl (C=O) groups excluding carboxylic acids is 1. The highest BCUT2D eigenvalue weighted by molar-refractivity contribution is 6.33. The lowest BCUT2D eigenvalue weighted by atomic mass is 9.97. The summed E-state index contributed by atoms with van der Waals surface area (Å²) in [7, 11) is 0. The number of hydrogen-bond acceptors (Lipinski definition) is 4. The van der Waals surface area contributed by atoms with E-state index in [1.165, 1.54) is 12.1 Å². The Kier molecular flexibility index (Phi) is 4.40. The van der Waals surface area contributed by atoms with Crippen LogP contribution in [0.5, 0.6) is 0 Å². The van der Waals surface area contributed by atoms with Gasteiger partial charge in [-0.05, 0) is 36.6 Å². The van der Waals surface area contributed by atoms with Crippen molar-refractivity contribution in [3.63, 3.8) is 0 Å². The molecule has 7 heteroatoms. The van der Waals surface area contributed by atoms with Crippen LogP contribution in [-0.2, 0) is 11.2 Å². The fourth-order valence-electron chi connectivity index (χ4n) is 2.72. The van der Waals surface area contributed by atoms with Crippen molar-refractivity contribution in [1.82, 2.24) is 0 Å². The second kappa shape index (κ2) is 6.49. The minimum atomic E-state index is -0.475. The Morgan fingerprint density at radius 3 is 2.75 bits per heavy atom. The molecule has 0 aromatic heterocycles. The number of nitrogens with one attached hydrogen (secondary N) is 2. The predicted octanol–water partition coefficient (Wildman–Crippen LogP) is 4.31. The van der Waals surface area contributed by atoms with Crippen LogP contribution in [0.25, 0.3) is 0 Å². The van der Waals surface area contributed by atoms with Crippen LogP contribution in [0.4, 0.5) is 17.1 Å². The number of nitro benzene ring substituents is 1. The normalized spacial score (nSPS) is 14.5. The van der Waals surface area contributed by atoms with Gasteiger partial charge < -0.3 is 10.6 Å². The van der Waals surface area contributed by atoms with Crippen molar-refractivity contribution in [2.45, 2.75) is 25.8 Å². The Hall–Kier alpha value is -2.60. The summed E-state index contributed by atoms with van der Waals surface area (Å²) in [5.74, 6) is 0.0408. The molecule has 1 atom stereocenters. The SMILES string of the molecule is C[C@H](Nc1ccc([N+](=O)[O-])cc1Cl)c1ccc2c(c1)CCC(=O)N2. The molecule has 6 nitrogen and oxygen atoms in total. The molecule has 0 saturated heterocycles. The highest BCUT2D eigenvalue weighted by Gasteiger charge is 2.17. The van der Waals surface area contributed by atoms with Gasteiger partial charge in [-0.25, -0.2) is 0 Å². The molecule has 1 aliphatic heterocycles. The minimum Gasteiger partial charge on any atom is -0.377 e. The molecule has 2 N–H and O–H groups in total. The van der Waals surface area contributed by atoms with Crippen molar-refractivity contribution in [2.75, 3.05) is 10.6 Å². The summed E-state index contributed by atoms with van der Waals surface area (Å²) in [6.07, 6.45) is 1.21. The monoisotopic (exact) mass is 345 g/mol. The molecule has 2 aromatic carbocycles. The summed E-state index contributed by atoms with van der Waals surface area (Å²) < 4.78 is 0. The molecular formula is C17H16ClN3O3. The average Bonchev–Trinajstić information content (AvgIpc) is 2.55. The van der Waals surface area contributed by atoms with Crippen molar-refractivity contribution in [3.05, 3.63) is 62.7 Å². The van der Waals surface area contributed by atoms with E-state index in [0.29, 0.717) is 17.1 Å². The van der Waals surface area contributed by atoms with E-state index in [4.69, 9.17) is 11.6 Å². The van der Waals surface area contributed by atoms with Gasteiger partial charge in [0.05, 0.1) is 15.6 Å². The number of halogens is 1. The van der Waals surface area contributed by atoms with Crippen molar-refractivity contribution in [1.29, 1.82) is 0 Å². The fourth-order valence-corrected chi connectivity index (χ4v) is 2.95. The van der Waals surface area contributed by atoms with E-state index in [2.05, 4.69) is 16.7 Å². The Morgan fingerprint density at radius 2 is 2.04 bits per heavy atom. The standard InChI is InChI=1S/C17H16ClN3O3/c1-10(19-16-6-4-13(21(23)24)9-14(16)18)11-2-5-15-12(8-11)3-7-17(22)20-15/h2,4-6,8-10,19H,3,7H2,1H3,(H,20,22)/t10-/m0/s1. The first-order chi connectivity index (χ1) is 11.4. The number of anilines is 2. The van der Waals surface area contributed by atoms with E-state index < -0.39 is 4.92 Å². The maximum Gasteiger partial charge on any atom is 0.271 e. The number of amides is 1. The number of fused-ring (bicyclic) bond motifs is 1. The molecule has 0 aliphatic carbocycles. The van der Waals surface area contributed by atoms with Crippen LogP contribution in [-0.4, -0.2) is 10.8 Å². The zero-order chi connectivity index (χ0) is 17.3. The third-order valence-electron chi connectivity index (χ3n) is 4.06. The van der Waals surface area contributed by atoms with Gasteiger partial charge in [0.15, 0.2) is 0 Å². The first-order valence-corrected chi connectivity index (χ1v) is 7.95. The number of carbonyl (C=O) groups is 1. The van der Waals surface area contributed by atoms with Gasteiger partial charge in [-0.1, -0.05) is 23.7 Å². The number of hydrogen-bond donors (Lipinski definition) is 2. The molecule has 0 unspecified atom stereocenters. The lowest BCUT2D eigenvalue weighted by Gasteiger charge is -2.21. The predicted molar refractivity (Wildman–Crippen MR) is 93.5 cm³/mol. The number of rotatable bonds is 4. The third-order valence-corrected chi connectivity index (χ3v) is 4.37. The molecule has 24 heavy (non-hydrogen) atoms. The molecule has 0 radical (unpaired) electrons. The van der Waals surface area contributed by atoms with E-state index in [1.54, 1.807) is 6.07 Å². The minimum absolute atomic E-state index is 0.0353. The van der Waals surface area contributed by atoms with Crippen LogP contribution in [0.15, 0.2) is 36.4 Å². The second-order valence-electron chi connectivity index (χ2n) is 5.75. The Labute approximate surface area is 144 Å². The second-order valence-corrected chi connectivity index (χ2v) is 6.16. The van der Waals surface area contributed by atoms with Crippen LogP contribution in [0.2, 0.25) is 5.02 Å². The molecule has 124 valence electrons. The summed E-state index contributed by atoms with van der Waals surface area (Å²) in [6, 6.07) is 10.2. The summed E-state index contributed by atoms with van der Waals surface area (Å²) in [5.41, 5.74) is 3.62. The third kappa shape index (κ3) is 3.33. The molecule has 0 saturated carbocycles. The van der Waals surface area contributed by atoms with Gasteiger partial charge in [0.1, 0.15) is 0 Å². The lowest BCUT2D eigenvalue weighted by molar-refractivity contribution is -0.384. The summed E-state index contributed by atoms with van der Waals surface area (Å²) >= 11 is 6.12. The van der Waals surface area contributed by atoms with Crippen LogP contribution >= 0.6 is 11.6 Å². The number of nitrogens with zero attached hydrogens (tertiary/aromatic N) is 1. The van der Waals surface area contributed by atoms with Gasteiger partial charge in [0, 0.05) is 30.3 Å². The van der Waals surface area contributed by atoms with E-state index >= 15 is 0 Å². The number of aryl methyl sites for hydroxylation is 1. The quantitative estimate of drug-likeness (QED) is 0.639. The van der Waals surface area contributed by atoms with Gasteiger partial charge >= 0.3 is 0 Å². The first-order valence-electron chi connectivity index (χ1n) is 7.57. The van der Waals surface area contributed by atoms with E-state index in [0.717, 1.165) is 23.2 Å². The van der Waals surface area contributed by atoms with Crippen molar-refractivity contribution < 1.29 is 9.72 Å². The molecule has 0 fully saturated rings. The average molecular weight is 346 g/mol. The van der Waals surface area contributed by atoms with Crippen LogP contribution in [0, 0.1) is 10.1 Å². The molecule has 1 aliphatic rings. The smallest absolute Gasteiger partial charge is 0.271 e.